The van der Waals surface area contributed by atoms with Gasteiger partial charge >= 0.3 is 12.4 Å². The van der Waals surface area contributed by atoms with Crippen molar-refractivity contribution in [3.63, 3.8) is 0 Å². The summed E-state index contributed by atoms with van der Waals surface area (Å²) in [5, 5.41) is 0. The van der Waals surface area contributed by atoms with E-state index in [2.05, 4.69) is 32.4 Å². The fourth-order valence-corrected chi connectivity index (χ4v) is 3.41. The van der Waals surface area contributed by atoms with Crippen LogP contribution in [0.1, 0.15) is 33.4 Å². The Kier molecular flexibility index (Phi) is 5.84. The Morgan fingerprint density at radius 2 is 0.879 bits per heavy atom. The molecule has 0 aliphatic rings. The molecule has 0 saturated heterocycles. The molecule has 0 aliphatic heterocycles. The predicted octanol–water partition coefficient (Wildman–Crippen LogP) is 6.53. The molecule has 164 valence electrons. The average Bonchev–Trinajstić information content (AvgIpc) is 3.26. The van der Waals surface area contributed by atoms with E-state index < -0.39 is 23.5 Å². The highest BCUT2D eigenvalue weighted by molar-refractivity contribution is 7.00. The maximum absolute atomic E-state index is 12.7. The van der Waals surface area contributed by atoms with Crippen molar-refractivity contribution in [2.24, 2.45) is 0 Å². The molecule has 1 heterocycles. The van der Waals surface area contributed by atoms with Crippen LogP contribution in [-0.2, 0) is 12.4 Å². The highest BCUT2D eigenvalue weighted by atomic mass is 32.1. The summed E-state index contributed by atoms with van der Waals surface area (Å²) in [6.07, 6.45) is -8.83. The fraction of sp³-hybridized carbons (Fsp3) is 0.0833. The molecule has 0 aliphatic carbocycles. The molecule has 0 N–H and O–H groups in total. The number of benzene rings is 3. The molecule has 0 saturated carbocycles. The van der Waals surface area contributed by atoms with Crippen LogP contribution in [-0.4, -0.2) is 8.75 Å². The Hall–Kier alpha value is -3.82. The van der Waals surface area contributed by atoms with Gasteiger partial charge in [0.25, 0.3) is 0 Å². The van der Waals surface area contributed by atoms with Crippen LogP contribution in [0.4, 0.5) is 26.3 Å². The number of alkyl halides is 6. The predicted molar refractivity (Wildman–Crippen MR) is 112 cm³/mol. The third-order valence-electron chi connectivity index (χ3n) is 4.52. The Bertz CT molecular complexity index is 1320. The maximum Gasteiger partial charge on any atom is 0.416 e. The zero-order chi connectivity index (χ0) is 23.6. The van der Waals surface area contributed by atoms with Crippen molar-refractivity contribution in [1.29, 1.82) is 0 Å². The maximum atomic E-state index is 12.7. The van der Waals surface area contributed by atoms with E-state index >= 15 is 0 Å². The van der Waals surface area contributed by atoms with Crippen molar-refractivity contribution in [2.45, 2.75) is 12.4 Å². The molecule has 1 aromatic heterocycles. The van der Waals surface area contributed by atoms with E-state index in [9.17, 15) is 26.3 Å². The van der Waals surface area contributed by atoms with E-state index in [1.54, 1.807) is 12.1 Å². The molecule has 0 atom stereocenters. The number of nitrogens with zero attached hydrogens (tertiary/aromatic N) is 2. The highest BCUT2D eigenvalue weighted by Gasteiger charge is 2.30. The molecule has 0 amide bonds. The highest BCUT2D eigenvalue weighted by Crippen LogP contribution is 2.30. The SMILES string of the molecule is FC(F)(F)c1ccc(C#Cc2ccc(C#Cc3ccc(C(F)(F)F)cc3)c3nsnc23)cc1. The van der Waals surface area contributed by atoms with Crippen molar-refractivity contribution in [3.05, 3.63) is 94.0 Å². The molecule has 0 fully saturated rings. The minimum absolute atomic E-state index is 0.408. The zero-order valence-corrected chi connectivity index (χ0v) is 17.2. The average molecular weight is 472 g/mol. The summed E-state index contributed by atoms with van der Waals surface area (Å²) in [7, 11) is 0. The first kappa shape index (κ1) is 22.4. The van der Waals surface area contributed by atoms with Gasteiger partial charge in [0.15, 0.2) is 0 Å². The van der Waals surface area contributed by atoms with Crippen LogP contribution in [0.15, 0.2) is 60.7 Å². The second-order valence-corrected chi connectivity index (χ2v) is 7.30. The van der Waals surface area contributed by atoms with Crippen LogP contribution < -0.4 is 0 Å². The van der Waals surface area contributed by atoms with Gasteiger partial charge in [-0.15, -0.1) is 0 Å². The molecular weight excluding hydrogens is 462 g/mol. The minimum atomic E-state index is -4.42. The Morgan fingerprint density at radius 1 is 0.515 bits per heavy atom. The van der Waals surface area contributed by atoms with Gasteiger partial charge in [0, 0.05) is 11.1 Å². The van der Waals surface area contributed by atoms with Gasteiger partial charge in [-0.05, 0) is 60.7 Å². The first-order chi connectivity index (χ1) is 15.6. The standard InChI is InChI=1S/C24H10F6N2S/c25-23(26,27)19-11-3-15(4-12-19)1-7-17-9-10-18(22-21(17)31-33-32-22)8-2-16-5-13-20(14-6-16)24(28,29)30/h3-6,9-14H. The van der Waals surface area contributed by atoms with Crippen molar-refractivity contribution < 1.29 is 26.3 Å². The van der Waals surface area contributed by atoms with Gasteiger partial charge in [-0.3, -0.25) is 0 Å². The van der Waals surface area contributed by atoms with Crippen LogP contribution in [0, 0.1) is 23.7 Å². The van der Waals surface area contributed by atoms with Crippen LogP contribution >= 0.6 is 11.7 Å². The first-order valence-corrected chi connectivity index (χ1v) is 9.98. The molecule has 0 radical (unpaired) electrons. The summed E-state index contributed by atoms with van der Waals surface area (Å²) >= 11 is 0.948. The van der Waals surface area contributed by atoms with E-state index in [1.807, 2.05) is 0 Å². The fourth-order valence-electron chi connectivity index (χ4n) is 2.83. The summed E-state index contributed by atoms with van der Waals surface area (Å²) in [5.74, 6) is 11.4. The number of fused-ring (bicyclic) bond motifs is 1. The smallest absolute Gasteiger partial charge is 0.172 e. The number of rotatable bonds is 0. The van der Waals surface area contributed by atoms with Crippen molar-refractivity contribution in [2.75, 3.05) is 0 Å². The molecule has 4 rings (SSSR count). The molecule has 33 heavy (non-hydrogen) atoms. The Labute approximate surface area is 188 Å². The molecule has 9 heteroatoms. The first-order valence-electron chi connectivity index (χ1n) is 9.25. The lowest BCUT2D eigenvalue weighted by atomic mass is 10.1. The number of hydrogen-bond acceptors (Lipinski definition) is 3. The number of hydrogen-bond donors (Lipinski definition) is 0. The lowest BCUT2D eigenvalue weighted by molar-refractivity contribution is -0.138. The minimum Gasteiger partial charge on any atom is -0.172 e. The van der Waals surface area contributed by atoms with Crippen molar-refractivity contribution >= 4 is 22.8 Å². The molecule has 0 bridgehead atoms. The van der Waals surface area contributed by atoms with Gasteiger partial charge in [-0.25, -0.2) is 0 Å². The second-order valence-electron chi connectivity index (χ2n) is 6.77. The number of halogens is 6. The lowest BCUT2D eigenvalue weighted by Crippen LogP contribution is -2.04. The van der Waals surface area contributed by atoms with E-state index in [1.165, 1.54) is 24.3 Å². The van der Waals surface area contributed by atoms with Crippen LogP contribution in [0.3, 0.4) is 0 Å². The van der Waals surface area contributed by atoms with E-state index in [0.29, 0.717) is 33.3 Å². The third-order valence-corrected chi connectivity index (χ3v) is 5.05. The van der Waals surface area contributed by atoms with Gasteiger partial charge in [0.05, 0.1) is 34.0 Å². The molecule has 0 unspecified atom stereocenters. The molecule has 0 spiro atoms. The van der Waals surface area contributed by atoms with E-state index in [4.69, 9.17) is 0 Å². The summed E-state index contributed by atoms with van der Waals surface area (Å²) < 4.78 is 84.5. The lowest BCUT2D eigenvalue weighted by Gasteiger charge is -2.05. The largest absolute Gasteiger partial charge is 0.416 e. The van der Waals surface area contributed by atoms with Gasteiger partial charge in [0.1, 0.15) is 11.0 Å². The molecule has 2 nitrogen and oxygen atoms in total. The molecule has 4 aromatic rings. The quantitative estimate of drug-likeness (QED) is 0.215. The molecule has 3 aromatic carbocycles. The normalized spacial score (nSPS) is 11.5. The monoisotopic (exact) mass is 472 g/mol. The summed E-state index contributed by atoms with van der Waals surface area (Å²) in [4.78, 5) is 0. The van der Waals surface area contributed by atoms with Crippen molar-refractivity contribution in [1.82, 2.24) is 8.75 Å². The second kappa shape index (κ2) is 8.61. The number of aromatic nitrogens is 2. The Balaban J connectivity index is 1.60. The topological polar surface area (TPSA) is 25.8 Å². The van der Waals surface area contributed by atoms with Gasteiger partial charge in [0.2, 0.25) is 0 Å². The van der Waals surface area contributed by atoms with E-state index in [-0.39, 0.29) is 0 Å². The van der Waals surface area contributed by atoms with Crippen LogP contribution in [0.5, 0.6) is 0 Å². The van der Waals surface area contributed by atoms with Crippen molar-refractivity contribution in [3.8, 4) is 23.7 Å². The van der Waals surface area contributed by atoms with E-state index in [0.717, 1.165) is 36.0 Å². The molecular formula is C24H10F6N2S. The van der Waals surface area contributed by atoms with Gasteiger partial charge < -0.3 is 0 Å². The van der Waals surface area contributed by atoms with Gasteiger partial charge in [-0.2, -0.15) is 35.1 Å². The van der Waals surface area contributed by atoms with Gasteiger partial charge in [-0.1, -0.05) is 23.7 Å². The zero-order valence-electron chi connectivity index (χ0n) is 16.3. The summed E-state index contributed by atoms with van der Waals surface area (Å²) in [6, 6.07) is 12.3. The summed E-state index contributed by atoms with van der Waals surface area (Å²) in [5.41, 5.74) is 1.33. The summed E-state index contributed by atoms with van der Waals surface area (Å²) in [6.45, 7) is 0. The Morgan fingerprint density at radius 3 is 1.21 bits per heavy atom. The third kappa shape index (κ3) is 5.16. The van der Waals surface area contributed by atoms with Crippen LogP contribution in [0.2, 0.25) is 0 Å². The van der Waals surface area contributed by atoms with Crippen LogP contribution in [0.25, 0.3) is 11.0 Å².